The third-order valence-electron chi connectivity index (χ3n) is 20.6. The Labute approximate surface area is 555 Å². The Morgan fingerprint density at radius 1 is 0.274 bits per heavy atom. The van der Waals surface area contributed by atoms with Gasteiger partial charge in [0.15, 0.2) is 11.2 Å². The van der Waals surface area contributed by atoms with Gasteiger partial charge >= 0.3 is 0 Å². The van der Waals surface area contributed by atoms with Crippen molar-refractivity contribution >= 4 is 99.5 Å². The zero-order valence-electron chi connectivity index (χ0n) is 54.9. The monoisotopic (exact) mass is 1220 g/mol. The second kappa shape index (κ2) is 22.5. The van der Waals surface area contributed by atoms with Gasteiger partial charge in [-0.1, -0.05) is 258 Å². The molecule has 0 unspecified atom stereocenters. The summed E-state index contributed by atoms with van der Waals surface area (Å²) >= 11 is 0. The van der Waals surface area contributed by atoms with Gasteiger partial charge in [0.1, 0.15) is 11.2 Å². The molecule has 0 radical (unpaired) electrons. The van der Waals surface area contributed by atoms with Gasteiger partial charge < -0.3 is 18.6 Å². The third-order valence-corrected chi connectivity index (χ3v) is 20.6. The summed E-state index contributed by atoms with van der Waals surface area (Å²) < 4.78 is 15.0. The Hall–Kier alpha value is -11.2. The van der Waals surface area contributed by atoms with Crippen LogP contribution in [-0.4, -0.2) is 0 Å². The normalized spacial score (nSPS) is 12.7. The summed E-state index contributed by atoms with van der Waals surface area (Å²) in [6.07, 6.45) is 0. The highest BCUT2D eigenvalue weighted by molar-refractivity contribution is 6.21. The number of anilines is 6. The molecular formula is C91H72N2O2. The molecule has 0 saturated heterocycles. The summed E-state index contributed by atoms with van der Waals surface area (Å²) in [5.74, 6) is 0.693. The third kappa shape index (κ3) is 8.87. The predicted octanol–water partition coefficient (Wildman–Crippen LogP) is 25.9. The van der Waals surface area contributed by atoms with E-state index in [9.17, 15) is 0 Å². The van der Waals surface area contributed by atoms with E-state index in [1.54, 1.807) is 0 Å². The lowest BCUT2D eigenvalue weighted by molar-refractivity contribution is 0.669. The van der Waals surface area contributed by atoms with Crippen LogP contribution in [0.1, 0.15) is 95.2 Å². The van der Waals surface area contributed by atoms with Crippen molar-refractivity contribution in [2.45, 2.75) is 72.6 Å². The maximum Gasteiger partial charge on any atom is 0.159 e. The molecule has 0 atom stereocenters. The highest BCUT2D eigenvalue weighted by Crippen LogP contribution is 2.63. The van der Waals surface area contributed by atoms with Crippen molar-refractivity contribution in [3.05, 3.63) is 335 Å². The summed E-state index contributed by atoms with van der Waals surface area (Å²) in [5.41, 5.74) is 27.9. The van der Waals surface area contributed by atoms with Crippen molar-refractivity contribution in [1.29, 1.82) is 0 Å². The lowest BCUT2D eigenvalue weighted by Gasteiger charge is -2.36. The molecule has 0 saturated carbocycles. The molecule has 0 amide bonds. The summed E-state index contributed by atoms with van der Waals surface area (Å²) in [6.45, 7) is 17.9. The average molecular weight is 1230 g/mol. The molecule has 1 aliphatic rings. The average Bonchev–Trinajstić information content (AvgIpc) is 1.52. The summed E-state index contributed by atoms with van der Waals surface area (Å²) in [6, 6.07) is 104. The molecule has 0 aliphatic heterocycles. The van der Waals surface area contributed by atoms with Gasteiger partial charge in [-0.2, -0.15) is 0 Å². The number of nitrogens with zero attached hydrogens (tertiary/aromatic N) is 2. The molecule has 0 N–H and O–H groups in total. The highest BCUT2D eigenvalue weighted by atomic mass is 16.3. The van der Waals surface area contributed by atoms with Crippen molar-refractivity contribution in [3.8, 4) is 33.4 Å². The molecule has 1 aliphatic carbocycles. The first-order chi connectivity index (χ1) is 46.5. The van der Waals surface area contributed by atoms with E-state index in [0.29, 0.717) is 11.8 Å². The Morgan fingerprint density at radius 2 is 0.589 bits per heavy atom. The van der Waals surface area contributed by atoms with Crippen LogP contribution in [0, 0.1) is 27.7 Å². The van der Waals surface area contributed by atoms with E-state index in [2.05, 4.69) is 344 Å². The molecule has 4 nitrogen and oxygen atoms in total. The molecule has 0 fully saturated rings. The number of benzene rings is 14. The van der Waals surface area contributed by atoms with Gasteiger partial charge in [0.05, 0.1) is 28.2 Å². The molecule has 14 aromatic carbocycles. The molecule has 2 aromatic heterocycles. The van der Waals surface area contributed by atoms with Gasteiger partial charge in [-0.15, -0.1) is 0 Å². The van der Waals surface area contributed by atoms with Crippen molar-refractivity contribution in [2.24, 2.45) is 0 Å². The van der Waals surface area contributed by atoms with Crippen LogP contribution in [0.4, 0.5) is 34.1 Å². The quantitative estimate of drug-likeness (QED) is 0.122. The summed E-state index contributed by atoms with van der Waals surface area (Å²) in [5, 5.41) is 8.90. The second-order valence-electron chi connectivity index (χ2n) is 26.8. The van der Waals surface area contributed by atoms with Crippen LogP contribution >= 0.6 is 0 Å². The van der Waals surface area contributed by atoms with Crippen molar-refractivity contribution in [3.63, 3.8) is 0 Å². The number of para-hydroxylation sites is 4. The van der Waals surface area contributed by atoms with Gasteiger partial charge in [-0.25, -0.2) is 0 Å². The van der Waals surface area contributed by atoms with Crippen molar-refractivity contribution < 1.29 is 8.83 Å². The molecule has 0 bridgehead atoms. The van der Waals surface area contributed by atoms with Crippen LogP contribution in [0.15, 0.2) is 288 Å². The standard InChI is InChI=1S/C91H72N2O2/c1-55(2)61-45-49-65(50-46-61)92(79-43-23-39-73-71-37-21-41-75(87(71)94-89(73)79)83-57(5)25-19-26-58(83)6)81-53-77-85(69-35-17-15-33-67(69)81)86-70-36-18-16-34-68(70)82(54-78(86)91(77,63-29-11-9-12-30-63)64-31-13-10-14-32-64)93(66-51-47-62(48-52-66)56(3)4)80-44-24-40-74-72-38-22-42-76(88(72)95-90(74)80)84-59(7)27-20-28-60(84)8/h9-56H,1-8H3. The van der Waals surface area contributed by atoms with Crippen molar-refractivity contribution in [2.75, 3.05) is 9.80 Å². The number of aryl methyl sites for hydroxylation is 4. The molecule has 4 heteroatoms. The fraction of sp³-hybridized carbons (Fsp3) is 0.121. The lowest BCUT2D eigenvalue weighted by Crippen LogP contribution is -2.29. The molecule has 17 rings (SSSR count). The van der Waals surface area contributed by atoms with E-state index in [0.717, 1.165) is 99.9 Å². The maximum atomic E-state index is 7.50. The number of furan rings is 2. The number of fused-ring (bicyclic) bond motifs is 13. The number of hydrogen-bond donors (Lipinski definition) is 0. The van der Waals surface area contributed by atoms with Crippen LogP contribution in [0.3, 0.4) is 0 Å². The van der Waals surface area contributed by atoms with Gasteiger partial charge in [0.2, 0.25) is 0 Å². The van der Waals surface area contributed by atoms with Gasteiger partial charge in [-0.05, 0) is 177 Å². The minimum atomic E-state index is -0.873. The summed E-state index contributed by atoms with van der Waals surface area (Å²) in [7, 11) is 0. The number of rotatable bonds is 12. The van der Waals surface area contributed by atoms with E-state index < -0.39 is 5.41 Å². The Balaban J connectivity index is 0.985. The minimum absolute atomic E-state index is 0.346. The van der Waals surface area contributed by atoms with Crippen LogP contribution in [0.5, 0.6) is 0 Å². The zero-order chi connectivity index (χ0) is 64.4. The fourth-order valence-corrected chi connectivity index (χ4v) is 16.2. The van der Waals surface area contributed by atoms with Gasteiger partial charge in [-0.3, -0.25) is 0 Å². The Morgan fingerprint density at radius 3 is 0.958 bits per heavy atom. The number of hydrogen-bond acceptors (Lipinski definition) is 4. The first kappa shape index (κ1) is 57.7. The smallest absolute Gasteiger partial charge is 0.159 e. The van der Waals surface area contributed by atoms with Crippen LogP contribution in [0.25, 0.3) is 98.8 Å². The molecule has 0 spiro atoms. The van der Waals surface area contributed by atoms with Gasteiger partial charge in [0.25, 0.3) is 0 Å². The van der Waals surface area contributed by atoms with Gasteiger partial charge in [0, 0.05) is 54.8 Å². The first-order valence-electron chi connectivity index (χ1n) is 33.5. The Bertz CT molecular complexity index is 5320. The minimum Gasteiger partial charge on any atom is -0.453 e. The molecule has 458 valence electrons. The predicted molar refractivity (Wildman–Crippen MR) is 401 cm³/mol. The SMILES string of the molecule is Cc1cccc(C)c1-c1cccc2c1oc1c(N(c3ccc(C(C)C)cc3)c3cc4c(c5ccccc35)-c3c(cc(N(c5ccc(C(C)C)cc5)c5cccc6c5oc5c(-c7c(C)cccc7C)cccc56)c5ccccc35)C4(c3ccccc3)c3ccccc3)cccc12. The molecule has 95 heavy (non-hydrogen) atoms. The van der Waals surface area contributed by atoms with E-state index in [1.165, 1.54) is 88.7 Å². The zero-order valence-corrected chi connectivity index (χ0v) is 54.9. The summed E-state index contributed by atoms with van der Waals surface area (Å²) in [4.78, 5) is 4.98. The molecule has 2 heterocycles. The lowest BCUT2D eigenvalue weighted by atomic mass is 9.67. The van der Waals surface area contributed by atoms with E-state index in [-0.39, 0.29) is 0 Å². The fourth-order valence-electron chi connectivity index (χ4n) is 16.2. The van der Waals surface area contributed by atoms with Crippen LogP contribution in [-0.2, 0) is 5.41 Å². The first-order valence-corrected chi connectivity index (χ1v) is 33.5. The Kier molecular flexibility index (Phi) is 13.7. The van der Waals surface area contributed by atoms with Crippen molar-refractivity contribution in [1.82, 2.24) is 0 Å². The van der Waals surface area contributed by atoms with Crippen LogP contribution in [0.2, 0.25) is 0 Å². The van der Waals surface area contributed by atoms with E-state index >= 15 is 0 Å². The van der Waals surface area contributed by atoms with E-state index in [4.69, 9.17) is 8.83 Å². The van der Waals surface area contributed by atoms with Crippen LogP contribution < -0.4 is 9.80 Å². The molecular weight excluding hydrogens is 1150 g/mol. The molecule has 16 aromatic rings. The highest BCUT2D eigenvalue weighted by Gasteiger charge is 2.49. The largest absolute Gasteiger partial charge is 0.453 e. The topological polar surface area (TPSA) is 32.8 Å². The van der Waals surface area contributed by atoms with E-state index in [1.807, 2.05) is 0 Å². The maximum absolute atomic E-state index is 7.50. The second-order valence-corrected chi connectivity index (χ2v) is 26.8.